The van der Waals surface area contributed by atoms with Gasteiger partial charge >= 0.3 is 0 Å². The highest BCUT2D eigenvalue weighted by atomic mass is 35.5. The van der Waals surface area contributed by atoms with Crippen LogP contribution in [0.4, 0.5) is 5.69 Å². The van der Waals surface area contributed by atoms with Crippen LogP contribution >= 0.6 is 60.5 Å². The van der Waals surface area contributed by atoms with E-state index in [0.717, 1.165) is 31.0 Å². The lowest BCUT2D eigenvalue weighted by Gasteiger charge is -2.28. The van der Waals surface area contributed by atoms with Crippen LogP contribution in [0.1, 0.15) is 0 Å². The summed E-state index contributed by atoms with van der Waals surface area (Å²) in [5, 5.41) is 20.3. The normalized spacial score (nSPS) is 15.5. The quantitative estimate of drug-likeness (QED) is 0.199. The summed E-state index contributed by atoms with van der Waals surface area (Å²) in [6.45, 7) is 3.81. The monoisotopic (exact) mass is 600 g/mol. The molecule has 1 fully saturated rings. The molecule has 36 heavy (non-hydrogen) atoms. The van der Waals surface area contributed by atoms with Crippen molar-refractivity contribution in [2.45, 2.75) is 12.2 Å². The number of benzene rings is 2. The molecule has 2 aromatic rings. The maximum absolute atomic E-state index is 10.2. The molecule has 0 bridgehead atoms. The molecule has 1 heterocycles. The minimum atomic E-state index is -0.819. The fraction of sp³-hybridized carbons (Fsp3) is 0.478. The lowest BCUT2D eigenvalue weighted by Crippen LogP contribution is -2.42. The molecule has 0 saturated carbocycles. The summed E-state index contributed by atoms with van der Waals surface area (Å²) in [7, 11) is 1.85. The third-order valence-electron chi connectivity index (χ3n) is 5.03. The fourth-order valence-corrected chi connectivity index (χ4v) is 4.33. The summed E-state index contributed by atoms with van der Waals surface area (Å²) in [4.78, 5) is 2.17. The predicted octanol–water partition coefficient (Wildman–Crippen LogP) is 4.24. The topological polar surface area (TPSA) is 83.9 Å². The van der Waals surface area contributed by atoms with Crippen LogP contribution < -0.4 is 18.0 Å². The molecule has 0 radical (unpaired) electrons. The van der Waals surface area contributed by atoms with Gasteiger partial charge in [0.05, 0.1) is 29.1 Å². The zero-order valence-corrected chi connectivity index (χ0v) is 23.8. The zero-order chi connectivity index (χ0) is 25.2. The first kappa shape index (κ1) is 31.3. The number of alkyl halides is 1. The van der Waals surface area contributed by atoms with E-state index >= 15 is 0 Å². The summed E-state index contributed by atoms with van der Waals surface area (Å²) in [5.41, 5.74) is 0.878. The summed E-state index contributed by atoms with van der Waals surface area (Å²) >= 11 is 19.2. The van der Waals surface area contributed by atoms with E-state index in [9.17, 15) is 10.2 Å². The first-order chi connectivity index (χ1) is 16.9. The lowest BCUT2D eigenvalue weighted by molar-refractivity contribution is 0.00465. The van der Waals surface area contributed by atoms with Gasteiger partial charge in [-0.25, -0.2) is 0 Å². The second kappa shape index (κ2) is 16.1. The Bertz CT molecular complexity index is 902. The van der Waals surface area contributed by atoms with Crippen LogP contribution in [-0.2, 0) is 4.74 Å². The number of hydrogen-bond donors (Lipinski definition) is 2. The molecule has 0 aromatic heterocycles. The van der Waals surface area contributed by atoms with Crippen LogP contribution in [0.15, 0.2) is 36.4 Å². The summed E-state index contributed by atoms with van der Waals surface area (Å²) in [6, 6.07) is 10.6. The second-order valence-corrected chi connectivity index (χ2v) is 9.85. The van der Waals surface area contributed by atoms with Crippen LogP contribution in [0.5, 0.6) is 17.2 Å². The van der Waals surface area contributed by atoms with Crippen molar-refractivity contribution in [3.05, 3.63) is 46.4 Å². The molecule has 202 valence electrons. The third-order valence-corrected chi connectivity index (χ3v) is 6.65. The van der Waals surface area contributed by atoms with Crippen molar-refractivity contribution in [2.75, 3.05) is 63.3 Å². The Morgan fingerprint density at radius 1 is 1.00 bits per heavy atom. The number of ether oxygens (including phenoxy) is 3. The number of aliphatic hydroxyl groups excluding tert-OH is 2. The van der Waals surface area contributed by atoms with Gasteiger partial charge in [-0.15, -0.1) is 11.6 Å². The van der Waals surface area contributed by atoms with Crippen molar-refractivity contribution < 1.29 is 28.6 Å². The van der Waals surface area contributed by atoms with E-state index in [0.29, 0.717) is 31.3 Å². The van der Waals surface area contributed by atoms with Gasteiger partial charge in [-0.3, -0.25) is 9.21 Å². The molecule has 8 nitrogen and oxygen atoms in total. The first-order valence-electron chi connectivity index (χ1n) is 11.0. The van der Waals surface area contributed by atoms with E-state index in [1.807, 2.05) is 35.6 Å². The number of aliphatic hydroxyl groups is 2. The van der Waals surface area contributed by atoms with Gasteiger partial charge in [0, 0.05) is 44.5 Å². The molecule has 2 N–H and O–H groups in total. The average Bonchev–Trinajstić information content (AvgIpc) is 2.86. The minimum Gasteiger partial charge on any atom is -0.491 e. The number of rotatable bonds is 13. The zero-order valence-electron chi connectivity index (χ0n) is 19.7. The SMILES string of the molecule is CN(SOc1cc(Cl)c(OCC(O)CCl)c(Cl)c1)c1ccc(OCC(O)CN2CCOCC2)cc1.S. The number of halogens is 3. The van der Waals surface area contributed by atoms with Gasteiger partial charge in [0.25, 0.3) is 0 Å². The van der Waals surface area contributed by atoms with Crippen molar-refractivity contribution in [2.24, 2.45) is 0 Å². The number of hydrogen-bond acceptors (Lipinski definition) is 9. The van der Waals surface area contributed by atoms with Crippen LogP contribution in [0.3, 0.4) is 0 Å². The molecule has 2 atom stereocenters. The van der Waals surface area contributed by atoms with Gasteiger partial charge in [0.1, 0.15) is 36.9 Å². The fourth-order valence-electron chi connectivity index (χ4n) is 3.17. The molecule has 13 heteroatoms. The molecule has 3 rings (SSSR count). The third kappa shape index (κ3) is 10.1. The highest BCUT2D eigenvalue weighted by Crippen LogP contribution is 2.38. The molecular weight excluding hydrogens is 571 g/mol. The van der Waals surface area contributed by atoms with Crippen LogP contribution in [0.2, 0.25) is 10.0 Å². The van der Waals surface area contributed by atoms with Crippen LogP contribution in [0, 0.1) is 0 Å². The highest BCUT2D eigenvalue weighted by Gasteiger charge is 2.16. The minimum absolute atomic E-state index is 0. The maximum Gasteiger partial charge on any atom is 0.179 e. The summed E-state index contributed by atoms with van der Waals surface area (Å²) < 4.78 is 24.0. The number of anilines is 1. The largest absolute Gasteiger partial charge is 0.491 e. The van der Waals surface area contributed by atoms with Crippen molar-refractivity contribution in [3.63, 3.8) is 0 Å². The van der Waals surface area contributed by atoms with E-state index in [-0.39, 0.29) is 48.4 Å². The molecular formula is C23H31Cl3N2O6S2. The van der Waals surface area contributed by atoms with Gasteiger partial charge in [0.15, 0.2) is 18.0 Å². The highest BCUT2D eigenvalue weighted by molar-refractivity contribution is 7.96. The molecule has 1 saturated heterocycles. The number of morpholine rings is 1. The molecule has 0 spiro atoms. The lowest BCUT2D eigenvalue weighted by atomic mass is 10.3. The van der Waals surface area contributed by atoms with E-state index in [4.69, 9.17) is 53.2 Å². The Balaban J connectivity index is 0.00000456. The van der Waals surface area contributed by atoms with Crippen molar-refractivity contribution in [1.82, 2.24) is 4.90 Å². The van der Waals surface area contributed by atoms with Crippen LogP contribution in [0.25, 0.3) is 0 Å². The molecule has 1 aliphatic heterocycles. The van der Waals surface area contributed by atoms with E-state index in [1.165, 1.54) is 0 Å². The Morgan fingerprint density at radius 2 is 1.61 bits per heavy atom. The van der Waals surface area contributed by atoms with Crippen molar-refractivity contribution >= 4 is 66.2 Å². The van der Waals surface area contributed by atoms with Gasteiger partial charge in [-0.2, -0.15) is 13.5 Å². The maximum atomic E-state index is 10.2. The Kier molecular flexibility index (Phi) is 14.0. The number of nitrogens with zero attached hydrogens (tertiary/aromatic N) is 2. The van der Waals surface area contributed by atoms with E-state index in [2.05, 4.69) is 4.90 Å². The molecule has 1 aliphatic rings. The average molecular weight is 602 g/mol. The van der Waals surface area contributed by atoms with Gasteiger partial charge in [-0.05, 0) is 24.3 Å². The summed E-state index contributed by atoms with van der Waals surface area (Å²) in [6.07, 6.45) is -1.39. The van der Waals surface area contributed by atoms with Crippen molar-refractivity contribution in [3.8, 4) is 17.2 Å². The molecule has 2 unspecified atom stereocenters. The first-order valence-corrected chi connectivity index (χ1v) is 13.0. The van der Waals surface area contributed by atoms with Gasteiger partial charge < -0.3 is 28.6 Å². The van der Waals surface area contributed by atoms with E-state index < -0.39 is 12.2 Å². The van der Waals surface area contributed by atoms with Gasteiger partial charge in [-0.1, -0.05) is 23.2 Å². The van der Waals surface area contributed by atoms with Crippen molar-refractivity contribution in [1.29, 1.82) is 0 Å². The number of β-amino-alcohol motifs (C(OH)–C–C–N with tert-alkyl or cyclic N) is 1. The standard InChI is InChI=1S/C23H29Cl3N2O6S.H2S/c1-27(35-34-20-10-21(25)23(22(26)11-20)33-14-17(29)12-24)16-2-4-19(5-3-16)32-15-18(30)13-28-6-8-31-9-7-28;/h2-5,10-11,17-18,29-30H,6-9,12-15H2,1H3;1H2. The summed E-state index contributed by atoms with van der Waals surface area (Å²) in [5.74, 6) is 1.41. The Labute approximate surface area is 238 Å². The Hall–Kier alpha value is -0.950. The van der Waals surface area contributed by atoms with Crippen LogP contribution in [-0.4, -0.2) is 86.3 Å². The molecule has 0 amide bonds. The molecule has 2 aromatic carbocycles. The van der Waals surface area contributed by atoms with E-state index in [1.54, 1.807) is 12.1 Å². The Morgan fingerprint density at radius 3 is 2.22 bits per heavy atom. The smallest absolute Gasteiger partial charge is 0.179 e. The van der Waals surface area contributed by atoms with Gasteiger partial charge in [0.2, 0.25) is 0 Å². The predicted molar refractivity (Wildman–Crippen MR) is 151 cm³/mol. The molecule has 0 aliphatic carbocycles. The second-order valence-electron chi connectivity index (χ2n) is 7.86.